The van der Waals surface area contributed by atoms with E-state index in [1.165, 1.54) is 49.7 Å². The highest BCUT2D eigenvalue weighted by Crippen LogP contribution is 2.62. The van der Waals surface area contributed by atoms with Gasteiger partial charge in [0.25, 0.3) is 0 Å². The lowest BCUT2D eigenvalue weighted by Crippen LogP contribution is -2.46. The summed E-state index contributed by atoms with van der Waals surface area (Å²) in [5, 5.41) is 10.8. The van der Waals surface area contributed by atoms with Crippen molar-refractivity contribution >= 4 is 0 Å². The maximum absolute atomic E-state index is 10.8. The molecule has 1 unspecified atom stereocenters. The van der Waals surface area contributed by atoms with Gasteiger partial charge in [0.1, 0.15) is 0 Å². The summed E-state index contributed by atoms with van der Waals surface area (Å²) in [5.41, 5.74) is 4.15. The average Bonchev–Trinajstić information content (AvgIpc) is 2.35. The molecule has 21 heavy (non-hydrogen) atoms. The van der Waals surface area contributed by atoms with Crippen LogP contribution in [0.2, 0.25) is 0 Å². The summed E-state index contributed by atoms with van der Waals surface area (Å²) in [7, 11) is 0. The van der Waals surface area contributed by atoms with Gasteiger partial charge in [0.2, 0.25) is 0 Å². The second-order valence-corrected chi connectivity index (χ2v) is 8.56. The fourth-order valence-corrected chi connectivity index (χ4v) is 6.27. The number of hydrogen-bond acceptors (Lipinski definition) is 1. The average molecular weight is 284 g/mol. The van der Waals surface area contributed by atoms with Gasteiger partial charge in [-0.15, -0.1) is 0 Å². The van der Waals surface area contributed by atoms with E-state index in [0.29, 0.717) is 5.41 Å². The van der Waals surface area contributed by atoms with Crippen molar-refractivity contribution in [3.8, 4) is 0 Å². The quantitative estimate of drug-likeness (QED) is 0.833. The molecular formula is C20H28O. The molecule has 4 aliphatic rings. The highest BCUT2D eigenvalue weighted by atomic mass is 16.3. The molecule has 0 radical (unpaired) electrons. The fourth-order valence-electron chi connectivity index (χ4n) is 6.27. The van der Waals surface area contributed by atoms with Crippen molar-refractivity contribution in [3.63, 3.8) is 0 Å². The number of benzene rings is 1. The van der Waals surface area contributed by atoms with E-state index < -0.39 is 0 Å². The molecule has 0 spiro atoms. The molecule has 0 aliphatic heterocycles. The van der Waals surface area contributed by atoms with E-state index in [-0.39, 0.29) is 6.10 Å². The molecular weight excluding hydrogens is 256 g/mol. The maximum atomic E-state index is 10.8. The Morgan fingerprint density at radius 3 is 1.90 bits per heavy atom. The van der Waals surface area contributed by atoms with Gasteiger partial charge in [-0.25, -0.2) is 0 Å². The highest BCUT2D eigenvalue weighted by Gasteiger charge is 2.51. The van der Waals surface area contributed by atoms with Crippen LogP contribution in [0.15, 0.2) is 18.2 Å². The van der Waals surface area contributed by atoms with Crippen molar-refractivity contribution in [2.75, 3.05) is 0 Å². The number of aryl methyl sites for hydroxylation is 2. The van der Waals surface area contributed by atoms with Gasteiger partial charge in [0, 0.05) is 0 Å². The molecule has 4 fully saturated rings. The third kappa shape index (κ3) is 2.54. The van der Waals surface area contributed by atoms with E-state index in [4.69, 9.17) is 0 Å². The van der Waals surface area contributed by atoms with Crippen LogP contribution in [0.5, 0.6) is 0 Å². The van der Waals surface area contributed by atoms with Crippen LogP contribution < -0.4 is 0 Å². The Morgan fingerprint density at radius 2 is 1.43 bits per heavy atom. The molecule has 1 heteroatoms. The number of hydrogen-bond donors (Lipinski definition) is 1. The van der Waals surface area contributed by atoms with Gasteiger partial charge in [-0.3, -0.25) is 0 Å². The van der Waals surface area contributed by atoms with E-state index >= 15 is 0 Å². The predicted octanol–water partition coefficient (Wildman–Crippen LogP) is 4.94. The lowest BCUT2D eigenvalue weighted by molar-refractivity contribution is -0.0764. The topological polar surface area (TPSA) is 20.2 Å². The van der Waals surface area contributed by atoms with Gasteiger partial charge in [-0.2, -0.15) is 0 Å². The van der Waals surface area contributed by atoms with Crippen LogP contribution in [0, 0.1) is 37.0 Å². The lowest BCUT2D eigenvalue weighted by Gasteiger charge is -2.57. The smallest absolute Gasteiger partial charge is 0.0795 e. The van der Waals surface area contributed by atoms with Crippen molar-refractivity contribution in [1.82, 2.24) is 0 Å². The molecule has 0 saturated heterocycles. The first kappa shape index (κ1) is 13.8. The standard InChI is InChI=1S/C20H28O/c1-13-3-14(2)5-18(4-13)19(21)12-20-9-15-6-16(10-20)8-17(7-15)11-20/h3-5,15-17,19,21H,6-12H2,1-2H3. The molecule has 0 aromatic heterocycles. The van der Waals surface area contributed by atoms with Gasteiger partial charge >= 0.3 is 0 Å². The van der Waals surface area contributed by atoms with E-state index in [0.717, 1.165) is 29.7 Å². The molecule has 4 aliphatic carbocycles. The second kappa shape index (κ2) is 4.84. The summed E-state index contributed by atoms with van der Waals surface area (Å²) in [6, 6.07) is 6.55. The van der Waals surface area contributed by atoms with Crippen molar-refractivity contribution in [1.29, 1.82) is 0 Å². The zero-order valence-electron chi connectivity index (χ0n) is 13.4. The van der Waals surface area contributed by atoms with Gasteiger partial charge < -0.3 is 5.11 Å². The van der Waals surface area contributed by atoms with Crippen molar-refractivity contribution in [2.24, 2.45) is 23.2 Å². The highest BCUT2D eigenvalue weighted by molar-refractivity contribution is 5.30. The third-order valence-electron chi connectivity index (χ3n) is 6.42. The number of aliphatic hydroxyl groups excluding tert-OH is 1. The molecule has 1 aromatic rings. The SMILES string of the molecule is Cc1cc(C)cc(C(O)CC23CC4CC(CC(C4)C2)C3)c1. The minimum atomic E-state index is -0.264. The van der Waals surface area contributed by atoms with Crippen molar-refractivity contribution in [2.45, 2.75) is 64.9 Å². The summed E-state index contributed by atoms with van der Waals surface area (Å²) in [5.74, 6) is 2.92. The van der Waals surface area contributed by atoms with E-state index in [9.17, 15) is 5.11 Å². The molecule has 114 valence electrons. The van der Waals surface area contributed by atoms with E-state index in [2.05, 4.69) is 32.0 Å². The first-order valence-electron chi connectivity index (χ1n) is 8.78. The Morgan fingerprint density at radius 1 is 0.952 bits per heavy atom. The van der Waals surface area contributed by atoms with Crippen LogP contribution >= 0.6 is 0 Å². The maximum Gasteiger partial charge on any atom is 0.0795 e. The molecule has 1 nitrogen and oxygen atoms in total. The number of rotatable bonds is 3. The van der Waals surface area contributed by atoms with E-state index in [1.54, 1.807) is 0 Å². The van der Waals surface area contributed by atoms with Crippen LogP contribution in [0.3, 0.4) is 0 Å². The van der Waals surface area contributed by atoms with Gasteiger partial charge in [0.15, 0.2) is 0 Å². The summed E-state index contributed by atoms with van der Waals surface area (Å²) in [4.78, 5) is 0. The lowest BCUT2D eigenvalue weighted by atomic mass is 9.48. The second-order valence-electron chi connectivity index (χ2n) is 8.56. The Labute approximate surface area is 128 Å². The Bertz CT molecular complexity index is 489. The normalized spacial score (nSPS) is 38.7. The molecule has 5 rings (SSSR count). The van der Waals surface area contributed by atoms with Crippen LogP contribution in [-0.4, -0.2) is 5.11 Å². The molecule has 1 aromatic carbocycles. The molecule has 1 atom stereocenters. The zero-order valence-corrected chi connectivity index (χ0v) is 13.4. The van der Waals surface area contributed by atoms with Crippen molar-refractivity contribution < 1.29 is 5.11 Å². The van der Waals surface area contributed by atoms with Crippen LogP contribution in [0.1, 0.15) is 67.7 Å². The first-order chi connectivity index (χ1) is 10.0. The Kier molecular flexibility index (Phi) is 3.19. The number of aliphatic hydroxyl groups is 1. The minimum Gasteiger partial charge on any atom is -0.388 e. The van der Waals surface area contributed by atoms with Crippen molar-refractivity contribution in [3.05, 3.63) is 34.9 Å². The van der Waals surface area contributed by atoms with Crippen LogP contribution in [0.4, 0.5) is 0 Å². The van der Waals surface area contributed by atoms with Gasteiger partial charge in [-0.1, -0.05) is 29.3 Å². The molecule has 4 saturated carbocycles. The van der Waals surface area contributed by atoms with E-state index in [1.807, 2.05) is 0 Å². The van der Waals surface area contributed by atoms with Gasteiger partial charge in [0.05, 0.1) is 6.10 Å². The summed E-state index contributed by atoms with van der Waals surface area (Å²) in [6.07, 6.45) is 9.36. The third-order valence-corrected chi connectivity index (χ3v) is 6.42. The summed E-state index contributed by atoms with van der Waals surface area (Å²) >= 11 is 0. The monoisotopic (exact) mass is 284 g/mol. The Balaban J connectivity index is 1.55. The molecule has 0 amide bonds. The molecule has 0 heterocycles. The largest absolute Gasteiger partial charge is 0.388 e. The first-order valence-corrected chi connectivity index (χ1v) is 8.78. The van der Waals surface area contributed by atoms with Crippen LogP contribution in [-0.2, 0) is 0 Å². The summed E-state index contributed by atoms with van der Waals surface area (Å²) < 4.78 is 0. The Hall–Kier alpha value is -0.820. The minimum absolute atomic E-state index is 0.264. The van der Waals surface area contributed by atoms with Crippen LogP contribution in [0.25, 0.3) is 0 Å². The van der Waals surface area contributed by atoms with Gasteiger partial charge in [-0.05, 0) is 87.5 Å². The molecule has 4 bridgehead atoms. The predicted molar refractivity (Wildman–Crippen MR) is 86.1 cm³/mol. The summed E-state index contributed by atoms with van der Waals surface area (Å²) in [6.45, 7) is 4.27. The fraction of sp³-hybridized carbons (Fsp3) is 0.700. The molecule has 1 N–H and O–H groups in total. The zero-order chi connectivity index (χ0) is 14.6.